The van der Waals surface area contributed by atoms with E-state index in [1.165, 1.54) is 24.4 Å². The third-order valence-corrected chi connectivity index (χ3v) is 3.13. The molecule has 0 aliphatic carbocycles. The van der Waals surface area contributed by atoms with E-state index in [2.05, 4.69) is 35.8 Å². The average molecular weight is 344 g/mol. The molecule has 1 aromatic carbocycles. The lowest BCUT2D eigenvalue weighted by atomic mass is 10.2. The van der Waals surface area contributed by atoms with Gasteiger partial charge in [-0.2, -0.15) is 9.78 Å². The molecule has 3 aromatic rings. The van der Waals surface area contributed by atoms with Gasteiger partial charge in [-0.25, -0.2) is 10.1 Å². The zero-order chi connectivity index (χ0) is 18.0. The van der Waals surface area contributed by atoms with Crippen LogP contribution in [0.5, 0.6) is 11.5 Å². The summed E-state index contributed by atoms with van der Waals surface area (Å²) in [6, 6.07) is 4.08. The molecule has 5 N–H and O–H groups in total. The number of aromatic nitrogens is 5. The summed E-state index contributed by atoms with van der Waals surface area (Å²) in [5, 5.41) is 37.0. The van der Waals surface area contributed by atoms with Crippen LogP contribution >= 0.6 is 0 Å². The van der Waals surface area contributed by atoms with Gasteiger partial charge in [0.25, 0.3) is 5.91 Å². The molecule has 3 rings (SSSR count). The molecule has 25 heavy (non-hydrogen) atoms. The van der Waals surface area contributed by atoms with Crippen LogP contribution in [0.2, 0.25) is 0 Å². The number of aryl methyl sites for hydroxylation is 1. The van der Waals surface area contributed by atoms with E-state index >= 15 is 0 Å². The topological polar surface area (TPSA) is 178 Å². The number of carbonyl (C=O) groups excluding carboxylic acids is 1. The first-order chi connectivity index (χ1) is 12.0. The molecule has 0 aliphatic rings. The summed E-state index contributed by atoms with van der Waals surface area (Å²) >= 11 is 0. The highest BCUT2D eigenvalue weighted by molar-refractivity contribution is 5.94. The lowest BCUT2D eigenvalue weighted by Gasteiger charge is -2.02. The number of hydrogen-bond acceptors (Lipinski definition) is 10. The molecule has 0 aliphatic heterocycles. The standard InChI is InChI=1S/C13H12N8O4/c1-6-10(21(20-16-6)12-11(14)18-25-19-12)13(24)17-15-5-7-2-3-8(22)9(23)4-7/h2-5,22-23H,1H3,(H2,14,18)(H,17,24)/b15-5+. The predicted molar refractivity (Wildman–Crippen MR) is 83.2 cm³/mol. The molecular formula is C13H12N8O4. The smallest absolute Gasteiger partial charge is 0.292 e. The third kappa shape index (κ3) is 3.08. The van der Waals surface area contributed by atoms with Gasteiger partial charge in [-0.15, -0.1) is 5.10 Å². The Balaban J connectivity index is 1.80. The van der Waals surface area contributed by atoms with Crippen LogP contribution < -0.4 is 11.2 Å². The van der Waals surface area contributed by atoms with Crippen LogP contribution in [-0.4, -0.2) is 47.6 Å². The van der Waals surface area contributed by atoms with Gasteiger partial charge in [-0.05, 0) is 41.0 Å². The van der Waals surface area contributed by atoms with Crippen molar-refractivity contribution in [3.63, 3.8) is 0 Å². The number of nitrogens with zero attached hydrogens (tertiary/aromatic N) is 6. The van der Waals surface area contributed by atoms with E-state index < -0.39 is 5.91 Å². The van der Waals surface area contributed by atoms with Gasteiger partial charge in [-0.1, -0.05) is 5.21 Å². The van der Waals surface area contributed by atoms with Crippen molar-refractivity contribution in [2.75, 3.05) is 5.73 Å². The molecular weight excluding hydrogens is 332 g/mol. The lowest BCUT2D eigenvalue weighted by molar-refractivity contribution is 0.0946. The summed E-state index contributed by atoms with van der Waals surface area (Å²) in [5.41, 5.74) is 8.72. The zero-order valence-electron chi connectivity index (χ0n) is 12.8. The number of benzene rings is 1. The van der Waals surface area contributed by atoms with E-state index in [0.29, 0.717) is 11.3 Å². The number of phenols is 2. The number of phenolic OH excluding ortho intramolecular Hbond substituents is 2. The minimum Gasteiger partial charge on any atom is -0.504 e. The number of carbonyl (C=O) groups is 1. The van der Waals surface area contributed by atoms with Crippen LogP contribution in [0.25, 0.3) is 5.82 Å². The third-order valence-electron chi connectivity index (χ3n) is 3.13. The summed E-state index contributed by atoms with van der Waals surface area (Å²) in [6.07, 6.45) is 1.28. The number of hydrazone groups is 1. The van der Waals surface area contributed by atoms with E-state index in [9.17, 15) is 15.0 Å². The fourth-order valence-corrected chi connectivity index (χ4v) is 1.94. The SMILES string of the molecule is Cc1nnn(-c2nonc2N)c1C(=O)N/N=C/c1ccc(O)c(O)c1. The van der Waals surface area contributed by atoms with Crippen molar-refractivity contribution >= 4 is 17.9 Å². The molecule has 2 aromatic heterocycles. The number of aromatic hydroxyl groups is 2. The molecule has 0 atom stereocenters. The first kappa shape index (κ1) is 15.9. The summed E-state index contributed by atoms with van der Waals surface area (Å²) in [6.45, 7) is 1.57. The Morgan fingerprint density at radius 2 is 2.16 bits per heavy atom. The monoisotopic (exact) mass is 344 g/mol. The van der Waals surface area contributed by atoms with Crippen molar-refractivity contribution in [2.45, 2.75) is 6.92 Å². The molecule has 12 nitrogen and oxygen atoms in total. The first-order valence-electron chi connectivity index (χ1n) is 6.83. The van der Waals surface area contributed by atoms with Gasteiger partial charge < -0.3 is 15.9 Å². The van der Waals surface area contributed by atoms with Crippen LogP contribution in [0, 0.1) is 6.92 Å². The molecule has 12 heteroatoms. The number of rotatable bonds is 4. The molecule has 2 heterocycles. The molecule has 0 bridgehead atoms. The van der Waals surface area contributed by atoms with Gasteiger partial charge in [0, 0.05) is 0 Å². The van der Waals surface area contributed by atoms with Gasteiger partial charge in [0.2, 0.25) is 11.6 Å². The van der Waals surface area contributed by atoms with E-state index in [0.717, 1.165) is 4.68 Å². The maximum absolute atomic E-state index is 12.3. The maximum atomic E-state index is 12.3. The summed E-state index contributed by atoms with van der Waals surface area (Å²) < 4.78 is 5.57. The largest absolute Gasteiger partial charge is 0.504 e. The highest BCUT2D eigenvalue weighted by atomic mass is 16.6. The first-order valence-corrected chi connectivity index (χ1v) is 6.83. The quantitative estimate of drug-likeness (QED) is 0.281. The fourth-order valence-electron chi connectivity index (χ4n) is 1.94. The van der Waals surface area contributed by atoms with Gasteiger partial charge in [0.1, 0.15) is 0 Å². The molecule has 0 fully saturated rings. The van der Waals surface area contributed by atoms with Crippen LogP contribution in [0.15, 0.2) is 27.9 Å². The van der Waals surface area contributed by atoms with Gasteiger partial charge >= 0.3 is 0 Å². The second-order valence-electron chi connectivity index (χ2n) is 4.86. The molecule has 128 valence electrons. The summed E-state index contributed by atoms with van der Waals surface area (Å²) in [5.74, 6) is -1.21. The second kappa shape index (κ2) is 6.27. The Bertz CT molecular complexity index is 961. The molecule has 1 amide bonds. The molecule has 0 saturated carbocycles. The second-order valence-corrected chi connectivity index (χ2v) is 4.86. The van der Waals surface area contributed by atoms with Crippen LogP contribution in [-0.2, 0) is 0 Å². The Labute approximate surface area is 139 Å². The maximum Gasteiger partial charge on any atom is 0.292 e. The Kier molecular flexibility index (Phi) is 3.99. The molecule has 0 spiro atoms. The van der Waals surface area contributed by atoms with Crippen molar-refractivity contribution < 1.29 is 19.6 Å². The number of nitrogen functional groups attached to an aromatic ring is 1. The van der Waals surface area contributed by atoms with E-state index in [1.807, 2.05) is 0 Å². The Morgan fingerprint density at radius 1 is 1.36 bits per heavy atom. The Hall–Kier alpha value is -3.96. The number of amides is 1. The number of hydrogen-bond donors (Lipinski definition) is 4. The van der Waals surface area contributed by atoms with Gasteiger partial charge in [-0.3, -0.25) is 4.79 Å². The fraction of sp³-hybridized carbons (Fsp3) is 0.0769. The highest BCUT2D eigenvalue weighted by Gasteiger charge is 2.22. The average Bonchev–Trinajstić information content (AvgIpc) is 3.16. The van der Waals surface area contributed by atoms with Gasteiger partial charge in [0.15, 0.2) is 17.2 Å². The van der Waals surface area contributed by atoms with E-state index in [4.69, 9.17) is 5.73 Å². The van der Waals surface area contributed by atoms with Crippen LogP contribution in [0.3, 0.4) is 0 Å². The number of nitrogens with two attached hydrogens (primary N) is 1. The van der Waals surface area contributed by atoms with Crippen LogP contribution in [0.4, 0.5) is 5.82 Å². The number of nitrogens with one attached hydrogen (secondary N) is 1. The zero-order valence-corrected chi connectivity index (χ0v) is 12.8. The summed E-state index contributed by atoms with van der Waals surface area (Å²) in [4.78, 5) is 12.3. The molecule has 0 saturated heterocycles. The normalized spacial score (nSPS) is 11.1. The van der Waals surface area contributed by atoms with Crippen molar-refractivity contribution in [3.8, 4) is 17.3 Å². The van der Waals surface area contributed by atoms with Crippen molar-refractivity contribution in [3.05, 3.63) is 35.2 Å². The van der Waals surface area contributed by atoms with Crippen LogP contribution in [0.1, 0.15) is 21.7 Å². The minimum atomic E-state index is -0.621. The summed E-state index contributed by atoms with van der Waals surface area (Å²) in [7, 11) is 0. The van der Waals surface area contributed by atoms with Crippen molar-refractivity contribution in [1.29, 1.82) is 0 Å². The predicted octanol–water partition coefficient (Wildman–Crippen LogP) is -0.284. The van der Waals surface area contributed by atoms with Gasteiger partial charge in [0.05, 0.1) is 11.9 Å². The lowest BCUT2D eigenvalue weighted by Crippen LogP contribution is -2.22. The minimum absolute atomic E-state index is 0.0261. The van der Waals surface area contributed by atoms with E-state index in [1.54, 1.807) is 6.92 Å². The Morgan fingerprint density at radius 3 is 2.84 bits per heavy atom. The molecule has 0 radical (unpaired) electrons. The van der Waals surface area contributed by atoms with E-state index in [-0.39, 0.29) is 28.8 Å². The molecule has 0 unspecified atom stereocenters. The number of anilines is 1. The highest BCUT2D eigenvalue weighted by Crippen LogP contribution is 2.24. The van der Waals surface area contributed by atoms with Crippen molar-refractivity contribution in [1.82, 2.24) is 30.7 Å². The van der Waals surface area contributed by atoms with Crippen molar-refractivity contribution in [2.24, 2.45) is 5.10 Å².